The molecule has 0 saturated carbocycles. The third kappa shape index (κ3) is 6.41. The van der Waals surface area contributed by atoms with Gasteiger partial charge in [0.2, 0.25) is 5.91 Å². The van der Waals surface area contributed by atoms with Crippen LogP contribution in [0.15, 0.2) is 64.2 Å². The van der Waals surface area contributed by atoms with E-state index in [9.17, 15) is 18.0 Å². The van der Waals surface area contributed by atoms with Crippen molar-refractivity contribution in [3.8, 4) is 11.3 Å². The lowest BCUT2D eigenvalue weighted by Gasteiger charge is -2.11. The summed E-state index contributed by atoms with van der Waals surface area (Å²) in [6.45, 7) is 0. The van der Waals surface area contributed by atoms with E-state index in [-0.39, 0.29) is 22.5 Å². The Kier molecular flexibility index (Phi) is 7.17. The van der Waals surface area contributed by atoms with Crippen LogP contribution in [0.4, 0.5) is 18.9 Å². The second-order valence-electron chi connectivity index (χ2n) is 5.77. The van der Waals surface area contributed by atoms with Gasteiger partial charge in [0.25, 0.3) is 0 Å². The number of alkyl halides is 3. The minimum Gasteiger partial charge on any atom is -0.325 e. The fourth-order valence-electron chi connectivity index (χ4n) is 2.26. The summed E-state index contributed by atoms with van der Waals surface area (Å²) >= 11 is 6.28. The molecule has 1 amide bonds. The normalized spacial score (nSPS) is 11.3. The molecule has 29 heavy (non-hydrogen) atoms. The minimum absolute atomic E-state index is 0.115. The van der Waals surface area contributed by atoms with E-state index in [1.54, 1.807) is 36.4 Å². The molecule has 10 heteroatoms. The average Bonchev–Trinajstić information content (AvgIpc) is 2.68. The Labute approximate surface area is 191 Å². The third-order valence-corrected chi connectivity index (χ3v) is 5.69. The summed E-state index contributed by atoms with van der Waals surface area (Å²) in [4.78, 5) is 19.9. The minimum atomic E-state index is -4.62. The maximum Gasteiger partial charge on any atom is 0.433 e. The number of nitrogens with one attached hydrogen (secondary N) is 1. The molecule has 3 aromatic rings. The van der Waals surface area contributed by atoms with E-state index in [0.717, 1.165) is 25.9 Å². The summed E-state index contributed by atoms with van der Waals surface area (Å²) in [6, 6.07) is 14.8. The summed E-state index contributed by atoms with van der Waals surface area (Å²) in [5.74, 6) is -0.477. The number of hydrogen-bond donors (Lipinski definition) is 1. The van der Waals surface area contributed by atoms with E-state index < -0.39 is 11.9 Å². The van der Waals surface area contributed by atoms with Gasteiger partial charge in [-0.2, -0.15) is 13.2 Å². The fourth-order valence-corrected chi connectivity index (χ4v) is 3.55. The molecule has 150 valence electrons. The molecule has 0 aliphatic heterocycles. The predicted molar refractivity (Wildman–Crippen MR) is 119 cm³/mol. The van der Waals surface area contributed by atoms with Crippen molar-refractivity contribution in [1.29, 1.82) is 0 Å². The molecular weight excluding hydrogens is 582 g/mol. The average molecular weight is 594 g/mol. The van der Waals surface area contributed by atoms with Crippen molar-refractivity contribution < 1.29 is 18.0 Å². The van der Waals surface area contributed by atoms with E-state index in [2.05, 4.69) is 53.8 Å². The first-order valence-corrected chi connectivity index (χ1v) is 11.0. The summed E-state index contributed by atoms with van der Waals surface area (Å²) in [5.41, 5.74) is 0.217. The van der Waals surface area contributed by atoms with Crippen molar-refractivity contribution in [3.63, 3.8) is 0 Å². The van der Waals surface area contributed by atoms with E-state index in [1.165, 1.54) is 0 Å². The van der Waals surface area contributed by atoms with E-state index in [4.69, 9.17) is 0 Å². The lowest BCUT2D eigenvalue weighted by atomic mass is 10.1. The molecule has 1 aromatic heterocycles. The SMILES string of the molecule is O=C(CSc1nc(-c2ccc(Br)cc2)cc(C(F)(F)F)n1)Nc1ccc(I)cc1. The number of aromatic nitrogens is 2. The highest BCUT2D eigenvalue weighted by molar-refractivity contribution is 14.1. The molecular formula is C19H12BrF3IN3OS. The van der Waals surface area contributed by atoms with Gasteiger partial charge in [0.15, 0.2) is 5.16 Å². The molecule has 4 nitrogen and oxygen atoms in total. The maximum absolute atomic E-state index is 13.3. The largest absolute Gasteiger partial charge is 0.433 e. The van der Waals surface area contributed by atoms with Crippen molar-refractivity contribution in [1.82, 2.24) is 9.97 Å². The van der Waals surface area contributed by atoms with Crippen LogP contribution in [-0.4, -0.2) is 21.6 Å². The van der Waals surface area contributed by atoms with Gasteiger partial charge in [-0.1, -0.05) is 39.8 Å². The highest BCUT2D eigenvalue weighted by Gasteiger charge is 2.34. The smallest absolute Gasteiger partial charge is 0.325 e. The summed E-state index contributed by atoms with van der Waals surface area (Å²) < 4.78 is 41.6. The first kappa shape index (κ1) is 22.0. The van der Waals surface area contributed by atoms with Crippen molar-refractivity contribution in [2.24, 2.45) is 0 Å². The van der Waals surface area contributed by atoms with Crippen molar-refractivity contribution >= 4 is 61.9 Å². The van der Waals surface area contributed by atoms with Crippen molar-refractivity contribution in [3.05, 3.63) is 68.3 Å². The Morgan fingerprint density at radius 3 is 2.34 bits per heavy atom. The number of amides is 1. The highest BCUT2D eigenvalue weighted by Crippen LogP contribution is 2.32. The van der Waals surface area contributed by atoms with Crippen LogP contribution in [-0.2, 0) is 11.0 Å². The van der Waals surface area contributed by atoms with Gasteiger partial charge in [0.1, 0.15) is 5.69 Å². The van der Waals surface area contributed by atoms with Gasteiger partial charge in [-0.3, -0.25) is 4.79 Å². The third-order valence-electron chi connectivity index (χ3n) is 3.60. The molecule has 3 rings (SSSR count). The maximum atomic E-state index is 13.3. The Morgan fingerprint density at radius 2 is 1.72 bits per heavy atom. The molecule has 0 bridgehead atoms. The van der Waals surface area contributed by atoms with Crippen LogP contribution in [0.1, 0.15) is 5.69 Å². The number of hydrogen-bond acceptors (Lipinski definition) is 4. The quantitative estimate of drug-likeness (QED) is 0.216. The van der Waals surface area contributed by atoms with Crippen LogP contribution in [0.3, 0.4) is 0 Å². The van der Waals surface area contributed by atoms with E-state index >= 15 is 0 Å². The van der Waals surface area contributed by atoms with Crippen LogP contribution >= 0.6 is 50.3 Å². The topological polar surface area (TPSA) is 54.9 Å². The molecule has 0 fully saturated rings. The summed E-state index contributed by atoms with van der Waals surface area (Å²) in [6.07, 6.45) is -4.62. The zero-order valence-electron chi connectivity index (χ0n) is 14.5. The predicted octanol–water partition coefficient (Wildman–Crippen LogP) is 6.26. The molecule has 2 aromatic carbocycles. The standard InChI is InChI=1S/C19H12BrF3IN3OS/c20-12-3-1-11(2-4-12)15-9-16(19(21,22)23)27-18(26-15)29-10-17(28)25-14-7-5-13(24)6-8-14/h1-9H,10H2,(H,25,28). The molecule has 0 aliphatic rings. The van der Waals surface area contributed by atoms with Gasteiger partial charge in [-0.05, 0) is 65.1 Å². The molecule has 0 aliphatic carbocycles. The Hall–Kier alpha value is -1.66. The zero-order chi connectivity index (χ0) is 21.0. The van der Waals surface area contributed by atoms with E-state index in [0.29, 0.717) is 11.3 Å². The van der Waals surface area contributed by atoms with Gasteiger partial charge < -0.3 is 5.32 Å². The Balaban J connectivity index is 1.78. The van der Waals surface area contributed by atoms with Gasteiger partial charge in [-0.15, -0.1) is 0 Å². The fraction of sp³-hybridized carbons (Fsp3) is 0.105. The van der Waals surface area contributed by atoms with Gasteiger partial charge in [0, 0.05) is 19.3 Å². The lowest BCUT2D eigenvalue weighted by molar-refractivity contribution is -0.141. The van der Waals surface area contributed by atoms with Crippen LogP contribution in [0.2, 0.25) is 0 Å². The molecule has 0 atom stereocenters. The second kappa shape index (κ2) is 9.43. The van der Waals surface area contributed by atoms with Gasteiger partial charge >= 0.3 is 6.18 Å². The number of carbonyl (C=O) groups is 1. The van der Waals surface area contributed by atoms with Crippen molar-refractivity contribution in [2.45, 2.75) is 11.3 Å². The van der Waals surface area contributed by atoms with Crippen LogP contribution in [0, 0.1) is 3.57 Å². The molecule has 1 N–H and O–H groups in total. The first-order chi connectivity index (χ1) is 13.7. The molecule has 1 heterocycles. The summed E-state index contributed by atoms with van der Waals surface area (Å²) in [7, 11) is 0. The number of benzene rings is 2. The highest BCUT2D eigenvalue weighted by atomic mass is 127. The molecule has 0 unspecified atom stereocenters. The molecule has 0 spiro atoms. The summed E-state index contributed by atoms with van der Waals surface area (Å²) in [5, 5.41) is 2.58. The number of carbonyl (C=O) groups excluding carboxylic acids is 1. The number of thioether (sulfide) groups is 1. The molecule has 0 saturated heterocycles. The monoisotopic (exact) mass is 593 g/mol. The van der Waals surface area contributed by atoms with Gasteiger partial charge in [0.05, 0.1) is 11.4 Å². The number of anilines is 1. The van der Waals surface area contributed by atoms with Crippen LogP contribution < -0.4 is 5.32 Å². The molecule has 0 radical (unpaired) electrons. The number of halogens is 5. The lowest BCUT2D eigenvalue weighted by Crippen LogP contribution is -2.15. The Morgan fingerprint density at radius 1 is 1.07 bits per heavy atom. The van der Waals surface area contributed by atoms with E-state index in [1.807, 2.05) is 12.1 Å². The second-order valence-corrected chi connectivity index (χ2v) is 8.87. The number of rotatable bonds is 5. The van der Waals surface area contributed by atoms with Crippen LogP contribution in [0.25, 0.3) is 11.3 Å². The first-order valence-electron chi connectivity index (χ1n) is 8.11. The van der Waals surface area contributed by atoms with Crippen molar-refractivity contribution in [2.75, 3.05) is 11.1 Å². The Bertz CT molecular complexity index is 1010. The van der Waals surface area contributed by atoms with Gasteiger partial charge in [-0.25, -0.2) is 9.97 Å². The number of nitrogens with zero attached hydrogens (tertiary/aromatic N) is 2. The zero-order valence-corrected chi connectivity index (χ0v) is 19.1. The van der Waals surface area contributed by atoms with Crippen LogP contribution in [0.5, 0.6) is 0 Å².